The third-order valence-corrected chi connectivity index (χ3v) is 6.06. The number of hydrogen-bond acceptors (Lipinski definition) is 6. The van der Waals surface area contributed by atoms with Gasteiger partial charge in [0.25, 0.3) is 0 Å². The van der Waals surface area contributed by atoms with Crippen LogP contribution in [0.1, 0.15) is 23.5 Å². The molecule has 30 heavy (non-hydrogen) atoms. The van der Waals surface area contributed by atoms with Crippen LogP contribution in [0.3, 0.4) is 0 Å². The normalized spacial score (nSPS) is 15.3. The van der Waals surface area contributed by atoms with Gasteiger partial charge in [0.2, 0.25) is 5.95 Å². The number of guanidine groups is 1. The van der Waals surface area contributed by atoms with Crippen molar-refractivity contribution < 1.29 is 4.42 Å². The fourth-order valence-corrected chi connectivity index (χ4v) is 4.21. The van der Waals surface area contributed by atoms with E-state index in [1.165, 1.54) is 4.88 Å². The Labute approximate surface area is 181 Å². The van der Waals surface area contributed by atoms with Gasteiger partial charge in [0, 0.05) is 62.3 Å². The summed E-state index contributed by atoms with van der Waals surface area (Å²) in [5.74, 6) is 2.68. The Hall–Kier alpha value is -2.87. The van der Waals surface area contributed by atoms with E-state index in [1.54, 1.807) is 30.0 Å². The van der Waals surface area contributed by atoms with E-state index < -0.39 is 0 Å². The fourth-order valence-electron chi connectivity index (χ4n) is 3.52. The van der Waals surface area contributed by atoms with Crippen LogP contribution in [0.4, 0.5) is 5.95 Å². The summed E-state index contributed by atoms with van der Waals surface area (Å²) in [6, 6.07) is 10.4. The maximum absolute atomic E-state index is 5.43. The average Bonchev–Trinajstić information content (AvgIpc) is 3.49. The predicted molar refractivity (Wildman–Crippen MR) is 121 cm³/mol. The Balaban J connectivity index is 1.29. The molecule has 0 radical (unpaired) electrons. The van der Waals surface area contributed by atoms with Gasteiger partial charge in [-0.25, -0.2) is 9.97 Å². The minimum absolute atomic E-state index is 0.390. The summed E-state index contributed by atoms with van der Waals surface area (Å²) in [4.78, 5) is 17.2. The number of hydrogen-bond donors (Lipinski definition) is 2. The molecule has 4 heterocycles. The molecule has 0 atom stereocenters. The van der Waals surface area contributed by atoms with Gasteiger partial charge in [-0.05, 0) is 42.5 Å². The molecule has 0 aliphatic carbocycles. The van der Waals surface area contributed by atoms with Crippen LogP contribution >= 0.6 is 11.3 Å². The number of rotatable bonds is 8. The summed E-state index contributed by atoms with van der Waals surface area (Å²) in [5, 5.41) is 9.22. The third kappa shape index (κ3) is 6.06. The zero-order valence-electron chi connectivity index (χ0n) is 17.0. The van der Waals surface area contributed by atoms with Crippen molar-refractivity contribution in [1.82, 2.24) is 20.6 Å². The SMILES string of the molecule is c1cnc(N2CCC(NC(=NCCc3cccs3)NCCc3ccco3)CC2)nc1. The Kier molecular flexibility index (Phi) is 7.33. The first-order valence-corrected chi connectivity index (χ1v) is 11.4. The van der Waals surface area contributed by atoms with E-state index in [4.69, 9.17) is 9.41 Å². The van der Waals surface area contributed by atoms with Gasteiger partial charge in [0.05, 0.1) is 6.26 Å². The summed E-state index contributed by atoms with van der Waals surface area (Å²) >= 11 is 1.78. The Morgan fingerprint density at radius 1 is 1.13 bits per heavy atom. The molecular weight excluding hydrogens is 396 g/mol. The number of nitrogens with zero attached hydrogens (tertiary/aromatic N) is 4. The molecule has 1 saturated heterocycles. The molecule has 0 aromatic carbocycles. The zero-order valence-corrected chi connectivity index (χ0v) is 17.9. The van der Waals surface area contributed by atoms with Crippen LogP contribution in [0.15, 0.2) is 63.8 Å². The number of anilines is 1. The standard InChI is InChI=1S/C22H28N6OS/c1-4-19(29-16-1)6-12-23-21(24-13-7-20-5-2-17-30-20)27-18-8-14-28(15-9-18)22-25-10-3-11-26-22/h1-5,10-11,16-18H,6-9,12-15H2,(H2,23,24,27). The van der Waals surface area contributed by atoms with Crippen molar-refractivity contribution in [1.29, 1.82) is 0 Å². The first-order chi connectivity index (χ1) is 14.9. The Morgan fingerprint density at radius 2 is 2.00 bits per heavy atom. The van der Waals surface area contributed by atoms with E-state index in [2.05, 4.69) is 43.0 Å². The summed E-state index contributed by atoms with van der Waals surface area (Å²) in [6.07, 6.45) is 9.18. The van der Waals surface area contributed by atoms with Crippen molar-refractivity contribution >= 4 is 23.2 Å². The molecule has 0 saturated carbocycles. The van der Waals surface area contributed by atoms with Crippen LogP contribution in [-0.4, -0.2) is 48.1 Å². The number of aromatic nitrogens is 2. The topological polar surface area (TPSA) is 78.6 Å². The summed E-state index contributed by atoms with van der Waals surface area (Å²) in [6.45, 7) is 3.44. The second-order valence-corrected chi connectivity index (χ2v) is 8.30. The van der Waals surface area contributed by atoms with E-state index in [1.807, 2.05) is 18.2 Å². The molecule has 2 N–H and O–H groups in total. The van der Waals surface area contributed by atoms with Crippen molar-refractivity contribution in [3.8, 4) is 0 Å². The third-order valence-electron chi connectivity index (χ3n) is 5.12. The van der Waals surface area contributed by atoms with E-state index >= 15 is 0 Å². The quantitative estimate of drug-likeness (QED) is 0.427. The molecule has 1 fully saturated rings. The lowest BCUT2D eigenvalue weighted by Crippen LogP contribution is -2.49. The van der Waals surface area contributed by atoms with Crippen molar-refractivity contribution in [2.75, 3.05) is 31.1 Å². The van der Waals surface area contributed by atoms with Crippen molar-refractivity contribution in [2.24, 2.45) is 4.99 Å². The van der Waals surface area contributed by atoms with Crippen LogP contribution in [-0.2, 0) is 12.8 Å². The maximum atomic E-state index is 5.43. The van der Waals surface area contributed by atoms with Crippen LogP contribution in [0, 0.1) is 0 Å². The van der Waals surface area contributed by atoms with Crippen molar-refractivity contribution in [3.63, 3.8) is 0 Å². The Morgan fingerprint density at radius 3 is 2.73 bits per heavy atom. The van der Waals surface area contributed by atoms with Crippen LogP contribution in [0.5, 0.6) is 0 Å². The molecule has 0 amide bonds. The number of piperidine rings is 1. The van der Waals surface area contributed by atoms with Crippen LogP contribution < -0.4 is 15.5 Å². The van der Waals surface area contributed by atoms with Gasteiger partial charge >= 0.3 is 0 Å². The van der Waals surface area contributed by atoms with Gasteiger partial charge in [-0.3, -0.25) is 4.99 Å². The molecule has 4 rings (SSSR count). The molecule has 3 aromatic heterocycles. The second kappa shape index (κ2) is 10.8. The van der Waals surface area contributed by atoms with Gasteiger partial charge < -0.3 is 20.0 Å². The molecular formula is C22H28N6OS. The molecule has 158 valence electrons. The van der Waals surface area contributed by atoms with Crippen LogP contribution in [0.25, 0.3) is 0 Å². The van der Waals surface area contributed by atoms with E-state index in [0.717, 1.165) is 69.5 Å². The highest BCUT2D eigenvalue weighted by atomic mass is 32.1. The van der Waals surface area contributed by atoms with Gasteiger partial charge in [0.15, 0.2) is 5.96 Å². The molecule has 0 bridgehead atoms. The van der Waals surface area contributed by atoms with E-state index in [9.17, 15) is 0 Å². The Bertz CT molecular complexity index is 874. The van der Waals surface area contributed by atoms with Crippen molar-refractivity contribution in [2.45, 2.75) is 31.7 Å². The smallest absolute Gasteiger partial charge is 0.225 e. The molecule has 1 aliphatic rings. The molecule has 7 nitrogen and oxygen atoms in total. The highest BCUT2D eigenvalue weighted by Crippen LogP contribution is 2.15. The minimum atomic E-state index is 0.390. The van der Waals surface area contributed by atoms with E-state index in [-0.39, 0.29) is 0 Å². The van der Waals surface area contributed by atoms with Gasteiger partial charge in [0.1, 0.15) is 5.76 Å². The second-order valence-electron chi connectivity index (χ2n) is 7.27. The molecule has 0 unspecified atom stereocenters. The lowest BCUT2D eigenvalue weighted by atomic mass is 10.1. The fraction of sp³-hybridized carbons (Fsp3) is 0.409. The zero-order chi connectivity index (χ0) is 20.4. The largest absolute Gasteiger partial charge is 0.469 e. The molecule has 3 aromatic rings. The highest BCUT2D eigenvalue weighted by Gasteiger charge is 2.21. The first-order valence-electron chi connectivity index (χ1n) is 10.5. The average molecular weight is 425 g/mol. The summed E-state index contributed by atoms with van der Waals surface area (Å²) < 4.78 is 5.43. The number of aliphatic imine (C=N–C) groups is 1. The predicted octanol–water partition coefficient (Wildman–Crippen LogP) is 3.12. The monoisotopic (exact) mass is 424 g/mol. The lowest BCUT2D eigenvalue weighted by Gasteiger charge is -2.33. The summed E-state index contributed by atoms with van der Waals surface area (Å²) in [5.41, 5.74) is 0. The molecule has 8 heteroatoms. The van der Waals surface area contributed by atoms with Gasteiger partial charge in [-0.1, -0.05) is 6.07 Å². The van der Waals surface area contributed by atoms with Gasteiger partial charge in [-0.2, -0.15) is 0 Å². The lowest BCUT2D eigenvalue weighted by molar-refractivity contribution is 0.456. The number of furan rings is 1. The maximum Gasteiger partial charge on any atom is 0.225 e. The highest BCUT2D eigenvalue weighted by molar-refractivity contribution is 7.09. The summed E-state index contributed by atoms with van der Waals surface area (Å²) in [7, 11) is 0. The number of thiophene rings is 1. The molecule has 0 spiro atoms. The van der Waals surface area contributed by atoms with Gasteiger partial charge in [-0.15, -0.1) is 11.3 Å². The first kappa shape index (κ1) is 20.4. The van der Waals surface area contributed by atoms with E-state index in [0.29, 0.717) is 6.04 Å². The number of nitrogens with one attached hydrogen (secondary N) is 2. The minimum Gasteiger partial charge on any atom is -0.469 e. The van der Waals surface area contributed by atoms with Crippen molar-refractivity contribution in [3.05, 3.63) is 65.0 Å². The van der Waals surface area contributed by atoms with Crippen LogP contribution in [0.2, 0.25) is 0 Å². The molecule has 1 aliphatic heterocycles.